The molecule has 1 atom stereocenters. The first-order valence-electron chi connectivity index (χ1n) is 9.53. The van der Waals surface area contributed by atoms with Gasteiger partial charge in [0.15, 0.2) is 0 Å². The van der Waals surface area contributed by atoms with E-state index in [0.29, 0.717) is 36.3 Å². The molecule has 1 N–H and O–H groups in total. The molecule has 5 rings (SSSR count). The summed E-state index contributed by atoms with van der Waals surface area (Å²) in [4.78, 5) is 24.0. The Bertz CT molecular complexity index is 1180. The van der Waals surface area contributed by atoms with E-state index in [1.807, 2.05) is 48.5 Å². The fourth-order valence-corrected chi connectivity index (χ4v) is 3.94. The summed E-state index contributed by atoms with van der Waals surface area (Å²) >= 11 is 1.40. The van der Waals surface area contributed by atoms with Gasteiger partial charge in [-0.15, -0.1) is 10.2 Å². The molecule has 1 amide bonds. The Morgan fingerprint density at radius 3 is 3.00 bits per heavy atom. The molecule has 1 aliphatic rings. The van der Waals surface area contributed by atoms with E-state index in [1.165, 1.54) is 11.3 Å². The van der Waals surface area contributed by atoms with Crippen LogP contribution in [0, 0.1) is 0 Å². The minimum atomic E-state index is -0.311. The highest BCUT2D eigenvalue weighted by atomic mass is 32.1. The van der Waals surface area contributed by atoms with Gasteiger partial charge in [0.05, 0.1) is 18.8 Å². The maximum Gasteiger partial charge on any atom is 0.273 e. The molecule has 3 aromatic heterocycles. The van der Waals surface area contributed by atoms with Crippen LogP contribution < -0.4 is 5.32 Å². The van der Waals surface area contributed by atoms with E-state index in [4.69, 9.17) is 4.74 Å². The standard InChI is InChI=1S/C21H18N6O2S/c28-20(19-15-5-2-1-4-14(15)8-9-22-19)27-10-11-29-17(12-27)16-6-3-7-18(24-16)25-21-26-23-13-30-21/h1-9,13,17H,10-12H2,(H,24,25,26)/t17-/m0/s1. The molecule has 0 bridgehead atoms. The summed E-state index contributed by atoms with van der Waals surface area (Å²) in [5.74, 6) is 0.565. The van der Waals surface area contributed by atoms with Gasteiger partial charge in [0, 0.05) is 18.1 Å². The number of ether oxygens (including phenoxy) is 1. The second-order valence-electron chi connectivity index (χ2n) is 6.81. The number of carbonyl (C=O) groups excluding carboxylic acids is 1. The zero-order valence-electron chi connectivity index (χ0n) is 15.9. The zero-order valence-corrected chi connectivity index (χ0v) is 16.7. The zero-order chi connectivity index (χ0) is 20.3. The highest BCUT2D eigenvalue weighted by molar-refractivity contribution is 7.13. The second kappa shape index (κ2) is 8.13. The summed E-state index contributed by atoms with van der Waals surface area (Å²) in [5.41, 5.74) is 2.88. The van der Waals surface area contributed by atoms with Crippen LogP contribution >= 0.6 is 11.3 Å². The molecular formula is C21H18N6O2S. The lowest BCUT2D eigenvalue weighted by Gasteiger charge is -2.32. The summed E-state index contributed by atoms with van der Waals surface area (Å²) in [7, 11) is 0. The largest absolute Gasteiger partial charge is 0.368 e. The van der Waals surface area contributed by atoms with Crippen molar-refractivity contribution >= 4 is 39.0 Å². The van der Waals surface area contributed by atoms with Crippen LogP contribution in [0.1, 0.15) is 22.3 Å². The van der Waals surface area contributed by atoms with Gasteiger partial charge in [-0.3, -0.25) is 9.78 Å². The molecule has 1 fully saturated rings. The number of hydrogen-bond acceptors (Lipinski definition) is 8. The lowest BCUT2D eigenvalue weighted by atomic mass is 10.1. The predicted octanol–water partition coefficient (Wildman–Crippen LogP) is 3.44. The Morgan fingerprint density at radius 1 is 1.17 bits per heavy atom. The van der Waals surface area contributed by atoms with Crippen molar-refractivity contribution in [1.29, 1.82) is 0 Å². The van der Waals surface area contributed by atoms with Crippen molar-refractivity contribution in [1.82, 2.24) is 25.1 Å². The van der Waals surface area contributed by atoms with Crippen molar-refractivity contribution < 1.29 is 9.53 Å². The first-order chi connectivity index (χ1) is 14.8. The number of pyridine rings is 2. The number of benzene rings is 1. The molecule has 150 valence electrons. The fourth-order valence-electron chi connectivity index (χ4n) is 3.49. The third-order valence-electron chi connectivity index (χ3n) is 4.93. The molecule has 0 aliphatic carbocycles. The fraction of sp³-hybridized carbons (Fsp3) is 0.190. The van der Waals surface area contributed by atoms with Gasteiger partial charge < -0.3 is 15.0 Å². The monoisotopic (exact) mass is 418 g/mol. The van der Waals surface area contributed by atoms with E-state index < -0.39 is 0 Å². The van der Waals surface area contributed by atoms with Crippen LogP contribution in [-0.4, -0.2) is 50.7 Å². The number of nitrogens with zero attached hydrogens (tertiary/aromatic N) is 5. The first-order valence-corrected chi connectivity index (χ1v) is 10.4. The van der Waals surface area contributed by atoms with Crippen molar-refractivity contribution in [2.45, 2.75) is 6.10 Å². The number of fused-ring (bicyclic) bond motifs is 1. The Morgan fingerprint density at radius 2 is 2.10 bits per heavy atom. The van der Waals surface area contributed by atoms with Crippen molar-refractivity contribution in [3.05, 3.63) is 71.6 Å². The predicted molar refractivity (Wildman–Crippen MR) is 114 cm³/mol. The normalized spacial score (nSPS) is 16.5. The molecule has 0 spiro atoms. The Labute approximate surface area is 176 Å². The first kappa shape index (κ1) is 18.6. The maximum atomic E-state index is 13.2. The topological polar surface area (TPSA) is 93.1 Å². The van der Waals surface area contributed by atoms with E-state index in [2.05, 4.69) is 25.5 Å². The van der Waals surface area contributed by atoms with Gasteiger partial charge in [0.25, 0.3) is 5.91 Å². The van der Waals surface area contributed by atoms with Crippen molar-refractivity contribution in [2.24, 2.45) is 0 Å². The third-order valence-corrected chi connectivity index (χ3v) is 5.53. The van der Waals surface area contributed by atoms with Crippen LogP contribution in [0.25, 0.3) is 10.8 Å². The Hall–Kier alpha value is -3.43. The molecule has 0 radical (unpaired) electrons. The molecule has 4 aromatic rings. The number of nitrogens with one attached hydrogen (secondary N) is 1. The SMILES string of the molecule is O=C(c1nccc2ccccc12)N1CCO[C@H](c2cccc(Nc3nncs3)n2)C1. The quantitative estimate of drug-likeness (QED) is 0.543. The minimum Gasteiger partial charge on any atom is -0.368 e. The van der Waals surface area contributed by atoms with Gasteiger partial charge in [-0.05, 0) is 23.6 Å². The maximum absolute atomic E-state index is 13.2. The Balaban J connectivity index is 1.36. The van der Waals surface area contributed by atoms with Crippen LogP contribution in [0.2, 0.25) is 0 Å². The lowest BCUT2D eigenvalue weighted by molar-refractivity contribution is -0.0247. The highest BCUT2D eigenvalue weighted by Gasteiger charge is 2.28. The van der Waals surface area contributed by atoms with Crippen molar-refractivity contribution in [3.63, 3.8) is 0 Å². The molecule has 30 heavy (non-hydrogen) atoms. The summed E-state index contributed by atoms with van der Waals surface area (Å²) in [6, 6.07) is 15.4. The van der Waals surface area contributed by atoms with E-state index in [1.54, 1.807) is 16.6 Å². The summed E-state index contributed by atoms with van der Waals surface area (Å²) in [5, 5.41) is 13.4. The molecule has 8 nitrogen and oxygen atoms in total. The third kappa shape index (κ3) is 3.72. The average molecular weight is 418 g/mol. The van der Waals surface area contributed by atoms with Crippen LogP contribution in [0.5, 0.6) is 0 Å². The number of rotatable bonds is 4. The average Bonchev–Trinajstić information content (AvgIpc) is 3.31. The molecule has 1 saturated heterocycles. The molecule has 9 heteroatoms. The van der Waals surface area contributed by atoms with E-state index in [-0.39, 0.29) is 12.0 Å². The number of hydrogen-bond donors (Lipinski definition) is 1. The van der Waals surface area contributed by atoms with Crippen LogP contribution in [0.15, 0.2) is 60.2 Å². The number of aromatic nitrogens is 4. The lowest BCUT2D eigenvalue weighted by Crippen LogP contribution is -2.42. The van der Waals surface area contributed by atoms with Crippen LogP contribution in [0.3, 0.4) is 0 Å². The minimum absolute atomic E-state index is 0.0942. The smallest absolute Gasteiger partial charge is 0.273 e. The summed E-state index contributed by atoms with van der Waals surface area (Å²) < 4.78 is 5.93. The van der Waals surface area contributed by atoms with Crippen molar-refractivity contribution in [3.8, 4) is 0 Å². The van der Waals surface area contributed by atoms with Gasteiger partial charge in [0.1, 0.15) is 23.1 Å². The molecule has 1 aliphatic heterocycles. The van der Waals surface area contributed by atoms with Gasteiger partial charge in [-0.1, -0.05) is 41.7 Å². The van der Waals surface area contributed by atoms with Gasteiger partial charge in [-0.2, -0.15) is 0 Å². The summed E-state index contributed by atoms with van der Waals surface area (Å²) in [6.07, 6.45) is 1.37. The number of anilines is 2. The molecule has 0 saturated carbocycles. The molecule has 1 aromatic carbocycles. The van der Waals surface area contributed by atoms with E-state index in [9.17, 15) is 4.79 Å². The molecule has 0 unspecified atom stereocenters. The number of carbonyl (C=O) groups is 1. The Kier molecular flexibility index (Phi) is 5.04. The number of morpholine rings is 1. The van der Waals surface area contributed by atoms with Crippen LogP contribution in [0.4, 0.5) is 10.9 Å². The second-order valence-corrected chi connectivity index (χ2v) is 7.64. The van der Waals surface area contributed by atoms with E-state index in [0.717, 1.165) is 16.5 Å². The van der Waals surface area contributed by atoms with Gasteiger partial charge >= 0.3 is 0 Å². The molecular weight excluding hydrogens is 400 g/mol. The van der Waals surface area contributed by atoms with Gasteiger partial charge in [-0.25, -0.2) is 4.98 Å². The number of amides is 1. The summed E-state index contributed by atoms with van der Waals surface area (Å²) in [6.45, 7) is 1.37. The van der Waals surface area contributed by atoms with Gasteiger partial charge in [0.2, 0.25) is 5.13 Å². The highest BCUT2D eigenvalue weighted by Crippen LogP contribution is 2.25. The van der Waals surface area contributed by atoms with Crippen LogP contribution in [-0.2, 0) is 4.74 Å². The molecule has 4 heterocycles. The van der Waals surface area contributed by atoms with E-state index >= 15 is 0 Å². The van der Waals surface area contributed by atoms with Crippen molar-refractivity contribution in [2.75, 3.05) is 25.0 Å².